The Hall–Kier alpha value is -4.77. The maximum absolute atomic E-state index is 17.5. The number of halogens is 3. The van der Waals surface area contributed by atoms with Gasteiger partial charge in [0, 0.05) is 40.4 Å². The second kappa shape index (κ2) is 12.5. The number of aromatic nitrogens is 3. The molecule has 0 amide bonds. The lowest BCUT2D eigenvalue weighted by molar-refractivity contribution is 0.107. The molecule has 2 unspecified atom stereocenters. The normalized spacial score (nSPS) is 23.5. The van der Waals surface area contributed by atoms with Crippen molar-refractivity contribution in [2.24, 2.45) is 0 Å². The van der Waals surface area contributed by atoms with E-state index in [0.717, 1.165) is 19.4 Å². The zero-order valence-electron chi connectivity index (χ0n) is 28.0. The van der Waals surface area contributed by atoms with E-state index in [0.29, 0.717) is 50.8 Å². The number of nitriles is 1. The average molecular weight is 729 g/mol. The number of pyridine rings is 1. The van der Waals surface area contributed by atoms with Crippen LogP contribution in [-0.4, -0.2) is 63.4 Å². The zero-order valence-corrected chi connectivity index (χ0v) is 29.6. The van der Waals surface area contributed by atoms with E-state index in [-0.39, 0.29) is 45.4 Å². The van der Waals surface area contributed by atoms with Gasteiger partial charge in [-0.2, -0.15) is 15.2 Å². The first kappa shape index (κ1) is 33.4. The number of nitrogens with zero attached hydrogens (tertiary/aromatic N) is 6. The van der Waals surface area contributed by atoms with E-state index < -0.39 is 35.7 Å². The summed E-state index contributed by atoms with van der Waals surface area (Å²) in [5, 5.41) is 11.1. The number of ether oxygens (including phenoxy) is 2. The van der Waals surface area contributed by atoms with Gasteiger partial charge in [0.15, 0.2) is 11.6 Å². The summed E-state index contributed by atoms with van der Waals surface area (Å²) in [7, 11) is 0. The van der Waals surface area contributed by atoms with Gasteiger partial charge in [0.05, 0.1) is 33.6 Å². The lowest BCUT2D eigenvalue weighted by Crippen LogP contribution is -2.45. The predicted octanol–water partition coefficient (Wildman–Crippen LogP) is 7.59. The van der Waals surface area contributed by atoms with Crippen LogP contribution in [0.1, 0.15) is 50.3 Å². The van der Waals surface area contributed by atoms with Gasteiger partial charge in [0.2, 0.25) is 0 Å². The van der Waals surface area contributed by atoms with Crippen LogP contribution in [0.2, 0.25) is 5.02 Å². The van der Waals surface area contributed by atoms with Crippen molar-refractivity contribution in [2.75, 3.05) is 36.1 Å². The van der Waals surface area contributed by atoms with Gasteiger partial charge in [-0.05, 0) is 50.9 Å². The molecule has 0 radical (unpaired) electrons. The number of alkyl halides is 1. The Kier molecular flexibility index (Phi) is 8.16. The highest BCUT2D eigenvalue weighted by molar-refractivity contribution is 7.23. The molecule has 0 saturated carbocycles. The lowest BCUT2D eigenvalue weighted by atomic mass is 9.95. The number of benzene rings is 2. The number of fused-ring (bicyclic) bond motifs is 2. The minimum Gasteiger partial charge on any atom is -0.486 e. The van der Waals surface area contributed by atoms with E-state index in [1.54, 1.807) is 30.5 Å². The molecule has 2 saturated heterocycles. The molecular weight excluding hydrogens is 694 g/mol. The van der Waals surface area contributed by atoms with Gasteiger partial charge in [0.25, 0.3) is 0 Å². The molecule has 0 spiro atoms. The fourth-order valence-electron chi connectivity index (χ4n) is 8.27. The fraction of sp³-hybridized carbons (Fsp3) is 0.351. The third-order valence-electron chi connectivity index (χ3n) is 10.6. The minimum absolute atomic E-state index is 0.00616. The number of rotatable bonds is 7. The Morgan fingerprint density at radius 2 is 2.10 bits per heavy atom. The molecule has 10 nitrogen and oxygen atoms in total. The molecule has 0 bridgehead atoms. The minimum atomic E-state index is -0.957. The van der Waals surface area contributed by atoms with Crippen molar-refractivity contribution < 1.29 is 18.3 Å². The molecule has 2 aromatic carbocycles. The van der Waals surface area contributed by atoms with Gasteiger partial charge in [-0.15, -0.1) is 17.9 Å². The standard InChI is InChI=1S/C37H35ClF2N8O2S/c1-4-24-19(3)50-32-28-31(30(40)27(29(32)38)22-8-5-10-25-26(22)23(15-41)34(43)51-25)45-36(49-17-37-11-7-13-47(37)16-20(39)14-37)46-35(28)48(24)18(2)21-9-6-12-44-33(21)42/h4-6,8-10,12,18-20,24H,1,7,11,13-14,16-17,43H2,2-3H3,(H2,42,44)/t18?,19?,20-,24+,37+/m1/s1. The summed E-state index contributed by atoms with van der Waals surface area (Å²) in [6.07, 6.45) is 3.86. The van der Waals surface area contributed by atoms with Gasteiger partial charge < -0.3 is 25.8 Å². The molecular formula is C37H35ClF2N8O2S. The van der Waals surface area contributed by atoms with Crippen LogP contribution in [0.5, 0.6) is 11.8 Å². The number of nitrogen functional groups attached to an aromatic ring is 2. The number of thiophene rings is 1. The highest BCUT2D eigenvalue weighted by atomic mass is 35.5. The molecule has 3 aliphatic heterocycles. The van der Waals surface area contributed by atoms with E-state index in [1.165, 1.54) is 11.3 Å². The van der Waals surface area contributed by atoms with Crippen LogP contribution in [0.3, 0.4) is 0 Å². The van der Waals surface area contributed by atoms with Crippen molar-refractivity contribution >= 4 is 60.6 Å². The van der Waals surface area contributed by atoms with Crippen LogP contribution in [0.25, 0.3) is 32.1 Å². The molecule has 51 heavy (non-hydrogen) atoms. The predicted molar refractivity (Wildman–Crippen MR) is 197 cm³/mol. The topological polar surface area (TPSA) is 139 Å². The van der Waals surface area contributed by atoms with Crippen molar-refractivity contribution in [1.82, 2.24) is 19.9 Å². The van der Waals surface area contributed by atoms with E-state index in [1.807, 2.05) is 30.9 Å². The molecule has 5 aromatic rings. The molecule has 14 heteroatoms. The first-order valence-electron chi connectivity index (χ1n) is 16.8. The largest absolute Gasteiger partial charge is 0.486 e. The van der Waals surface area contributed by atoms with Crippen LogP contribution in [0, 0.1) is 17.1 Å². The summed E-state index contributed by atoms with van der Waals surface area (Å²) in [5.74, 6) is 0.0494. The molecule has 3 aliphatic rings. The van der Waals surface area contributed by atoms with Crippen LogP contribution in [0.15, 0.2) is 49.2 Å². The van der Waals surface area contributed by atoms with E-state index in [2.05, 4.69) is 27.5 Å². The molecule has 0 aliphatic carbocycles. The summed E-state index contributed by atoms with van der Waals surface area (Å²) >= 11 is 8.46. The first-order chi connectivity index (χ1) is 24.6. The van der Waals surface area contributed by atoms with Gasteiger partial charge in [-0.3, -0.25) is 4.90 Å². The molecule has 262 valence electrons. The van der Waals surface area contributed by atoms with Gasteiger partial charge in [-0.25, -0.2) is 13.8 Å². The first-order valence-corrected chi connectivity index (χ1v) is 18.0. The quantitative estimate of drug-likeness (QED) is 0.161. The average Bonchev–Trinajstić information content (AvgIpc) is 3.73. The summed E-state index contributed by atoms with van der Waals surface area (Å²) in [4.78, 5) is 18.0. The Balaban J connectivity index is 1.40. The molecule has 8 rings (SSSR count). The van der Waals surface area contributed by atoms with Gasteiger partial charge >= 0.3 is 6.01 Å². The molecule has 4 N–H and O–H groups in total. The van der Waals surface area contributed by atoms with Crippen molar-refractivity contribution in [3.05, 3.63) is 71.2 Å². The van der Waals surface area contributed by atoms with Crippen LogP contribution in [0.4, 0.5) is 25.4 Å². The Labute approximate surface area is 302 Å². The highest BCUT2D eigenvalue weighted by Gasteiger charge is 2.49. The summed E-state index contributed by atoms with van der Waals surface area (Å²) in [5.41, 5.74) is 13.4. The van der Waals surface area contributed by atoms with Crippen LogP contribution in [-0.2, 0) is 0 Å². The maximum atomic E-state index is 17.5. The second-order valence-corrected chi connectivity index (χ2v) is 15.0. The van der Waals surface area contributed by atoms with Crippen molar-refractivity contribution in [1.29, 1.82) is 5.26 Å². The number of nitrogens with two attached hydrogens (primary N) is 2. The third kappa shape index (κ3) is 5.14. The van der Waals surface area contributed by atoms with E-state index in [4.69, 9.17) is 37.5 Å². The smallest absolute Gasteiger partial charge is 0.319 e. The van der Waals surface area contributed by atoms with Gasteiger partial charge in [0.1, 0.15) is 47.1 Å². The summed E-state index contributed by atoms with van der Waals surface area (Å²) in [6, 6.07) is 10.1. The lowest BCUT2D eigenvalue weighted by Gasteiger charge is -2.37. The van der Waals surface area contributed by atoms with Crippen molar-refractivity contribution in [2.45, 2.75) is 63.0 Å². The SMILES string of the molecule is C=C[C@H]1C(C)Oc2c(Cl)c(-c3cccc4sc(N)c(C#N)c34)c(F)c3nc(OC[C@@]45CCCN4C[C@H](F)C5)nc(c23)N1C(C)c1cccnc1N. The molecule has 6 heterocycles. The zero-order chi connectivity index (χ0) is 35.8. The maximum Gasteiger partial charge on any atom is 0.319 e. The van der Waals surface area contributed by atoms with Gasteiger partial charge in [-0.1, -0.05) is 35.9 Å². The number of hydrogen-bond acceptors (Lipinski definition) is 11. The second-order valence-electron chi connectivity index (χ2n) is 13.5. The third-order valence-corrected chi connectivity index (χ3v) is 12.0. The van der Waals surface area contributed by atoms with Crippen LogP contribution < -0.4 is 25.8 Å². The molecule has 3 aromatic heterocycles. The number of anilines is 3. The Bertz CT molecular complexity index is 2280. The highest BCUT2D eigenvalue weighted by Crippen LogP contribution is 2.52. The summed E-state index contributed by atoms with van der Waals surface area (Å²) in [6.45, 7) is 9.22. The number of hydrogen-bond donors (Lipinski definition) is 2. The Morgan fingerprint density at radius 3 is 2.86 bits per heavy atom. The van der Waals surface area contributed by atoms with Crippen molar-refractivity contribution in [3.63, 3.8) is 0 Å². The molecule has 2 fully saturated rings. The summed E-state index contributed by atoms with van der Waals surface area (Å²) < 4.78 is 45.9. The van der Waals surface area contributed by atoms with Crippen LogP contribution >= 0.6 is 22.9 Å². The van der Waals surface area contributed by atoms with E-state index in [9.17, 15) is 9.65 Å². The fourth-order valence-corrected chi connectivity index (χ4v) is 9.54. The monoisotopic (exact) mass is 728 g/mol. The molecule has 5 atom stereocenters. The van der Waals surface area contributed by atoms with E-state index >= 15 is 4.39 Å². The van der Waals surface area contributed by atoms with Crippen molar-refractivity contribution in [3.8, 4) is 29.0 Å². The Morgan fingerprint density at radius 1 is 1.27 bits per heavy atom.